The van der Waals surface area contributed by atoms with Gasteiger partial charge in [0.05, 0.1) is 18.1 Å². The predicted molar refractivity (Wildman–Crippen MR) is 142 cm³/mol. The molecule has 2 atom stereocenters. The molecule has 1 amide bonds. The number of amides is 1. The van der Waals surface area contributed by atoms with Gasteiger partial charge in [0.25, 0.3) is 0 Å². The van der Waals surface area contributed by atoms with Crippen molar-refractivity contribution in [3.05, 3.63) is 58.6 Å². The molecule has 3 N–H and O–H groups in total. The number of aliphatic hydroxyl groups is 1. The standard InChI is InChI=1S/C28H29F2N3O6S/c1-15(2)10-17(13-34)32-23(18-4-3-5-20-24(18)39-28(29,30)38-20)22-12-31-26(40-22)33-25(35)27(8-9-27)16-6-7-19-21(11-16)37-14-36-19/h3-7,11-12,15,17,23,32,34H,8-10,13-14H2,1-2H3,(H,31,33,35)/t17-,23?/m1/s1. The minimum atomic E-state index is -3.78. The molecular formula is C28H29F2N3O6S. The number of nitrogens with zero attached hydrogens (tertiary/aromatic N) is 1. The van der Waals surface area contributed by atoms with Crippen molar-refractivity contribution in [3.8, 4) is 23.0 Å². The lowest BCUT2D eigenvalue weighted by molar-refractivity contribution is -0.287. The first-order valence-corrected chi connectivity index (χ1v) is 13.9. The van der Waals surface area contributed by atoms with Gasteiger partial charge < -0.3 is 34.7 Å². The topological polar surface area (TPSA) is 111 Å². The number of carbonyl (C=O) groups is 1. The maximum absolute atomic E-state index is 14.0. The Labute approximate surface area is 233 Å². The van der Waals surface area contributed by atoms with Gasteiger partial charge in [-0.05, 0) is 48.9 Å². The van der Waals surface area contributed by atoms with Crippen LogP contribution in [0.4, 0.5) is 13.9 Å². The number of aromatic nitrogens is 1. The fraction of sp³-hybridized carbons (Fsp3) is 0.429. The molecule has 212 valence electrons. The lowest BCUT2D eigenvalue weighted by atomic mass is 9.94. The third-order valence-corrected chi connectivity index (χ3v) is 8.26. The Bertz CT molecular complexity index is 1430. The molecule has 3 aliphatic rings. The van der Waals surface area contributed by atoms with Gasteiger partial charge in [0.15, 0.2) is 28.1 Å². The lowest BCUT2D eigenvalue weighted by Gasteiger charge is -2.26. The molecule has 1 aliphatic carbocycles. The van der Waals surface area contributed by atoms with Crippen LogP contribution >= 0.6 is 11.3 Å². The van der Waals surface area contributed by atoms with Gasteiger partial charge in [-0.25, -0.2) is 4.98 Å². The summed E-state index contributed by atoms with van der Waals surface area (Å²) in [7, 11) is 0. The zero-order chi connectivity index (χ0) is 28.1. The lowest BCUT2D eigenvalue weighted by Crippen LogP contribution is -2.37. The molecule has 1 unspecified atom stereocenters. The summed E-state index contributed by atoms with van der Waals surface area (Å²) in [5.74, 6) is 1.22. The molecule has 6 rings (SSSR count). The highest BCUT2D eigenvalue weighted by Crippen LogP contribution is 2.51. The van der Waals surface area contributed by atoms with E-state index in [1.807, 2.05) is 32.0 Å². The minimum absolute atomic E-state index is 0.0730. The summed E-state index contributed by atoms with van der Waals surface area (Å²) in [5.41, 5.74) is 0.584. The summed E-state index contributed by atoms with van der Waals surface area (Å²) in [4.78, 5) is 18.5. The number of hydrogen-bond donors (Lipinski definition) is 3. The summed E-state index contributed by atoms with van der Waals surface area (Å²) >= 11 is 1.22. The first kappa shape index (κ1) is 26.7. The number of thiazole rings is 1. The number of anilines is 1. The average molecular weight is 574 g/mol. The van der Waals surface area contributed by atoms with E-state index in [9.17, 15) is 18.7 Å². The Morgan fingerprint density at radius 1 is 1.12 bits per heavy atom. The van der Waals surface area contributed by atoms with E-state index in [1.54, 1.807) is 18.3 Å². The molecule has 0 bridgehead atoms. The second-order valence-electron chi connectivity index (χ2n) is 10.6. The molecule has 0 radical (unpaired) electrons. The number of halogens is 2. The molecule has 1 aromatic heterocycles. The second-order valence-corrected chi connectivity index (χ2v) is 11.7. The molecule has 3 aromatic rings. The van der Waals surface area contributed by atoms with E-state index in [1.165, 1.54) is 17.4 Å². The van der Waals surface area contributed by atoms with Crippen LogP contribution in [0.1, 0.15) is 55.2 Å². The SMILES string of the molecule is CC(C)C[C@H](CO)NC(c1cnc(NC(=O)C2(c3ccc4c(c3)OCO4)CC2)s1)c1cccc2c1OC(F)(F)O2. The molecule has 9 nitrogen and oxygen atoms in total. The minimum Gasteiger partial charge on any atom is -0.454 e. The number of hydrogen-bond acceptors (Lipinski definition) is 9. The Balaban J connectivity index is 1.27. The zero-order valence-electron chi connectivity index (χ0n) is 21.9. The van der Waals surface area contributed by atoms with Crippen LogP contribution in [0.5, 0.6) is 23.0 Å². The van der Waals surface area contributed by atoms with Gasteiger partial charge in [0, 0.05) is 22.7 Å². The molecule has 40 heavy (non-hydrogen) atoms. The molecule has 1 saturated carbocycles. The molecule has 2 aliphatic heterocycles. The highest BCUT2D eigenvalue weighted by atomic mass is 32.1. The summed E-state index contributed by atoms with van der Waals surface area (Å²) in [6.45, 7) is 4.07. The van der Waals surface area contributed by atoms with Gasteiger partial charge in [-0.2, -0.15) is 0 Å². The average Bonchev–Trinajstić information content (AvgIpc) is 3.21. The molecule has 0 saturated heterocycles. The van der Waals surface area contributed by atoms with Crippen LogP contribution < -0.4 is 29.6 Å². The Morgan fingerprint density at radius 2 is 1.93 bits per heavy atom. The Kier molecular flexibility index (Phi) is 6.79. The number of nitrogens with one attached hydrogen (secondary N) is 2. The summed E-state index contributed by atoms with van der Waals surface area (Å²) < 4.78 is 48.4. The van der Waals surface area contributed by atoms with Crippen molar-refractivity contribution >= 4 is 22.4 Å². The monoisotopic (exact) mass is 573 g/mol. The van der Waals surface area contributed by atoms with Crippen LogP contribution in [0.15, 0.2) is 42.6 Å². The number of fused-ring (bicyclic) bond motifs is 2. The number of alkyl halides is 2. The first-order chi connectivity index (χ1) is 19.2. The third kappa shape index (κ3) is 5.06. The highest BCUT2D eigenvalue weighted by molar-refractivity contribution is 7.15. The van der Waals surface area contributed by atoms with Crippen molar-refractivity contribution in [2.24, 2.45) is 5.92 Å². The van der Waals surface area contributed by atoms with Gasteiger partial charge in [-0.3, -0.25) is 4.79 Å². The summed E-state index contributed by atoms with van der Waals surface area (Å²) in [6, 6.07) is 9.24. The van der Waals surface area contributed by atoms with Crippen LogP contribution in [-0.4, -0.2) is 41.7 Å². The number of benzene rings is 2. The normalized spacial score (nSPS) is 18.9. The van der Waals surface area contributed by atoms with E-state index in [0.717, 1.165) is 5.56 Å². The second kappa shape index (κ2) is 10.2. The number of ether oxygens (including phenoxy) is 4. The highest BCUT2D eigenvalue weighted by Gasteiger charge is 2.52. The zero-order valence-corrected chi connectivity index (χ0v) is 22.7. The van der Waals surface area contributed by atoms with Crippen molar-refractivity contribution in [2.45, 2.75) is 56.9 Å². The summed E-state index contributed by atoms with van der Waals surface area (Å²) in [6.07, 6.45) is -0.158. The maximum atomic E-state index is 14.0. The number of aliphatic hydroxyl groups excluding tert-OH is 1. The third-order valence-electron chi connectivity index (χ3n) is 7.29. The van der Waals surface area contributed by atoms with Crippen molar-refractivity contribution in [2.75, 3.05) is 18.7 Å². The van der Waals surface area contributed by atoms with Gasteiger partial charge in [-0.15, -0.1) is 8.78 Å². The van der Waals surface area contributed by atoms with Crippen molar-refractivity contribution in [1.82, 2.24) is 10.3 Å². The van der Waals surface area contributed by atoms with Gasteiger partial charge in [-0.1, -0.05) is 43.4 Å². The van der Waals surface area contributed by atoms with Crippen molar-refractivity contribution in [3.63, 3.8) is 0 Å². The molecule has 2 aromatic carbocycles. The van der Waals surface area contributed by atoms with Gasteiger partial charge in [0.1, 0.15) is 0 Å². The van der Waals surface area contributed by atoms with E-state index in [2.05, 4.69) is 20.4 Å². The van der Waals surface area contributed by atoms with Crippen LogP contribution in [0.3, 0.4) is 0 Å². The summed E-state index contributed by atoms with van der Waals surface area (Å²) in [5, 5.41) is 16.8. The quantitative estimate of drug-likeness (QED) is 0.313. The number of para-hydroxylation sites is 1. The fourth-order valence-corrected chi connectivity index (χ4v) is 6.09. The molecule has 3 heterocycles. The van der Waals surface area contributed by atoms with E-state index in [0.29, 0.717) is 46.3 Å². The van der Waals surface area contributed by atoms with Crippen LogP contribution in [0, 0.1) is 5.92 Å². The largest absolute Gasteiger partial charge is 0.586 e. The number of carbonyl (C=O) groups excluding carboxylic acids is 1. The predicted octanol–water partition coefficient (Wildman–Crippen LogP) is 4.95. The van der Waals surface area contributed by atoms with Crippen molar-refractivity contribution < 1.29 is 37.6 Å². The van der Waals surface area contributed by atoms with E-state index in [4.69, 9.17) is 14.2 Å². The van der Waals surface area contributed by atoms with Crippen LogP contribution in [0.25, 0.3) is 0 Å². The van der Waals surface area contributed by atoms with E-state index >= 15 is 0 Å². The Morgan fingerprint density at radius 3 is 2.67 bits per heavy atom. The fourth-order valence-electron chi connectivity index (χ4n) is 5.20. The molecule has 12 heteroatoms. The van der Waals surface area contributed by atoms with E-state index in [-0.39, 0.29) is 42.8 Å². The number of rotatable bonds is 10. The van der Waals surface area contributed by atoms with Crippen molar-refractivity contribution in [1.29, 1.82) is 0 Å². The van der Waals surface area contributed by atoms with Gasteiger partial charge >= 0.3 is 6.29 Å². The first-order valence-electron chi connectivity index (χ1n) is 13.1. The van der Waals surface area contributed by atoms with Crippen LogP contribution in [0.2, 0.25) is 0 Å². The van der Waals surface area contributed by atoms with E-state index < -0.39 is 17.8 Å². The molecular weight excluding hydrogens is 544 g/mol. The molecule has 1 fully saturated rings. The Hall–Kier alpha value is -3.48. The van der Waals surface area contributed by atoms with Crippen LogP contribution in [-0.2, 0) is 10.2 Å². The smallest absolute Gasteiger partial charge is 0.454 e. The molecule has 0 spiro atoms. The van der Waals surface area contributed by atoms with Gasteiger partial charge in [0.2, 0.25) is 12.7 Å². The maximum Gasteiger partial charge on any atom is 0.586 e.